The normalized spacial score (nSPS) is 10.1. The van der Waals surface area contributed by atoms with Gasteiger partial charge in [-0.1, -0.05) is 18.2 Å². The Morgan fingerprint density at radius 3 is 2.27 bits per heavy atom. The average molecular weight is 314 g/mol. The van der Waals surface area contributed by atoms with Gasteiger partial charge in [0.1, 0.15) is 0 Å². The lowest BCUT2D eigenvalue weighted by Crippen LogP contribution is -2.27. The van der Waals surface area contributed by atoms with Crippen molar-refractivity contribution in [3.8, 4) is 0 Å². The van der Waals surface area contributed by atoms with Crippen LogP contribution in [0.1, 0.15) is 6.92 Å². The number of carbonyl (C=O) groups excluding carboxylic acids is 2. The van der Waals surface area contributed by atoms with E-state index in [1.807, 2.05) is 54.6 Å². The molecule has 22 heavy (non-hydrogen) atoms. The minimum Gasteiger partial charge on any atom is -0.326 e. The van der Waals surface area contributed by atoms with Gasteiger partial charge in [0.25, 0.3) is 0 Å². The maximum absolute atomic E-state index is 12.2. The molecule has 0 fully saturated rings. The second kappa shape index (κ2) is 7.66. The van der Waals surface area contributed by atoms with Crippen LogP contribution in [0, 0.1) is 0 Å². The monoisotopic (exact) mass is 314 g/mol. The lowest BCUT2D eigenvalue weighted by atomic mass is 10.3. The summed E-state index contributed by atoms with van der Waals surface area (Å²) in [6.45, 7) is 1.47. The standard InChI is InChI=1S/C17H18N2O2S/c1-13(20)18-14-8-10-16(11-9-14)22-12-17(21)19(2)15-6-4-3-5-7-15/h3-11H,12H2,1-2H3,(H,18,20). The van der Waals surface area contributed by atoms with E-state index >= 15 is 0 Å². The van der Waals surface area contributed by atoms with E-state index in [1.165, 1.54) is 18.7 Å². The number of hydrogen-bond acceptors (Lipinski definition) is 3. The number of benzene rings is 2. The Hall–Kier alpha value is -2.27. The van der Waals surface area contributed by atoms with E-state index in [2.05, 4.69) is 5.32 Å². The van der Waals surface area contributed by atoms with Gasteiger partial charge in [0.05, 0.1) is 5.75 Å². The van der Waals surface area contributed by atoms with Crippen LogP contribution in [0.25, 0.3) is 0 Å². The highest BCUT2D eigenvalue weighted by molar-refractivity contribution is 8.00. The molecular formula is C17H18N2O2S. The molecule has 0 aliphatic carbocycles. The van der Waals surface area contributed by atoms with Crippen LogP contribution >= 0.6 is 11.8 Å². The van der Waals surface area contributed by atoms with Gasteiger partial charge in [-0.25, -0.2) is 0 Å². The number of para-hydroxylation sites is 1. The first-order valence-electron chi connectivity index (χ1n) is 6.88. The Morgan fingerprint density at radius 2 is 1.68 bits per heavy atom. The first kappa shape index (κ1) is 16.1. The zero-order valence-corrected chi connectivity index (χ0v) is 13.4. The molecule has 1 N–H and O–H groups in total. The molecule has 2 amide bonds. The third-order valence-electron chi connectivity index (χ3n) is 3.05. The summed E-state index contributed by atoms with van der Waals surface area (Å²) < 4.78 is 0. The smallest absolute Gasteiger partial charge is 0.237 e. The van der Waals surface area contributed by atoms with Crippen molar-refractivity contribution < 1.29 is 9.59 Å². The summed E-state index contributed by atoms with van der Waals surface area (Å²) in [4.78, 5) is 25.8. The van der Waals surface area contributed by atoms with Crippen molar-refractivity contribution in [1.29, 1.82) is 0 Å². The highest BCUT2D eigenvalue weighted by atomic mass is 32.2. The number of rotatable bonds is 5. The zero-order valence-electron chi connectivity index (χ0n) is 12.6. The van der Waals surface area contributed by atoms with E-state index in [0.29, 0.717) is 5.75 Å². The average Bonchev–Trinajstić information content (AvgIpc) is 2.53. The van der Waals surface area contributed by atoms with Crippen LogP contribution in [0.15, 0.2) is 59.5 Å². The van der Waals surface area contributed by atoms with Crippen molar-refractivity contribution in [1.82, 2.24) is 0 Å². The van der Waals surface area contributed by atoms with Crippen LogP contribution < -0.4 is 10.2 Å². The van der Waals surface area contributed by atoms with Gasteiger partial charge in [-0.15, -0.1) is 11.8 Å². The Kier molecular flexibility index (Phi) is 5.61. The minimum atomic E-state index is -0.0972. The summed E-state index contributed by atoms with van der Waals surface area (Å²) in [6.07, 6.45) is 0. The van der Waals surface area contributed by atoms with E-state index < -0.39 is 0 Å². The van der Waals surface area contributed by atoms with Crippen LogP contribution in [0.2, 0.25) is 0 Å². The molecule has 0 heterocycles. The fraction of sp³-hybridized carbons (Fsp3) is 0.176. The van der Waals surface area contributed by atoms with E-state index in [0.717, 1.165) is 16.3 Å². The molecule has 0 aliphatic heterocycles. The minimum absolute atomic E-state index is 0.0436. The van der Waals surface area contributed by atoms with Crippen molar-refractivity contribution >= 4 is 35.0 Å². The fourth-order valence-electron chi connectivity index (χ4n) is 1.88. The predicted octanol–water partition coefficient (Wildman–Crippen LogP) is 3.40. The summed E-state index contributed by atoms with van der Waals surface area (Å²) in [5, 5.41) is 2.71. The molecule has 0 aliphatic rings. The largest absolute Gasteiger partial charge is 0.326 e. The highest BCUT2D eigenvalue weighted by Crippen LogP contribution is 2.21. The molecule has 0 saturated carbocycles. The lowest BCUT2D eigenvalue weighted by molar-refractivity contribution is -0.116. The van der Waals surface area contributed by atoms with Crippen molar-refractivity contribution in [2.75, 3.05) is 23.0 Å². The molecule has 0 saturated heterocycles. The second-order valence-electron chi connectivity index (χ2n) is 4.78. The third-order valence-corrected chi connectivity index (χ3v) is 4.05. The topological polar surface area (TPSA) is 49.4 Å². The van der Waals surface area contributed by atoms with Gasteiger partial charge in [0, 0.05) is 30.2 Å². The molecule has 0 spiro atoms. The van der Waals surface area contributed by atoms with E-state index in [9.17, 15) is 9.59 Å². The van der Waals surface area contributed by atoms with Crippen LogP contribution in [0.4, 0.5) is 11.4 Å². The quantitative estimate of drug-likeness (QED) is 0.861. The summed E-state index contributed by atoms with van der Waals surface area (Å²) in [5.74, 6) is 0.312. The third kappa shape index (κ3) is 4.63. The molecular weight excluding hydrogens is 296 g/mol. The molecule has 0 atom stereocenters. The van der Waals surface area contributed by atoms with Gasteiger partial charge in [-0.3, -0.25) is 9.59 Å². The van der Waals surface area contributed by atoms with Crippen LogP contribution in [-0.2, 0) is 9.59 Å². The molecule has 5 heteroatoms. The molecule has 2 aromatic carbocycles. The fourth-order valence-corrected chi connectivity index (χ4v) is 2.69. The second-order valence-corrected chi connectivity index (χ2v) is 5.83. The Balaban J connectivity index is 1.89. The highest BCUT2D eigenvalue weighted by Gasteiger charge is 2.10. The van der Waals surface area contributed by atoms with E-state index in [4.69, 9.17) is 0 Å². The van der Waals surface area contributed by atoms with Crippen LogP contribution in [-0.4, -0.2) is 24.6 Å². The van der Waals surface area contributed by atoms with E-state index in [-0.39, 0.29) is 11.8 Å². The van der Waals surface area contributed by atoms with Crippen molar-refractivity contribution in [3.63, 3.8) is 0 Å². The molecule has 0 radical (unpaired) electrons. The number of carbonyl (C=O) groups is 2. The molecule has 114 valence electrons. The number of thioether (sulfide) groups is 1. The number of nitrogens with zero attached hydrogens (tertiary/aromatic N) is 1. The zero-order chi connectivity index (χ0) is 15.9. The number of anilines is 2. The molecule has 2 rings (SSSR count). The van der Waals surface area contributed by atoms with Crippen molar-refractivity contribution in [2.45, 2.75) is 11.8 Å². The first-order valence-corrected chi connectivity index (χ1v) is 7.87. The summed E-state index contributed by atoms with van der Waals surface area (Å²) in [5.41, 5.74) is 1.64. The van der Waals surface area contributed by atoms with Crippen LogP contribution in [0.5, 0.6) is 0 Å². The molecule has 0 aromatic heterocycles. The van der Waals surface area contributed by atoms with Crippen molar-refractivity contribution in [3.05, 3.63) is 54.6 Å². The number of hydrogen-bond donors (Lipinski definition) is 1. The maximum atomic E-state index is 12.2. The maximum Gasteiger partial charge on any atom is 0.237 e. The predicted molar refractivity (Wildman–Crippen MR) is 91.3 cm³/mol. The molecule has 0 unspecified atom stereocenters. The molecule has 0 bridgehead atoms. The Labute approximate surface area is 134 Å². The van der Waals surface area contributed by atoms with Gasteiger partial charge >= 0.3 is 0 Å². The van der Waals surface area contributed by atoms with Gasteiger partial charge in [-0.2, -0.15) is 0 Å². The number of amides is 2. The summed E-state index contributed by atoms with van der Waals surface area (Å²) in [7, 11) is 1.78. The van der Waals surface area contributed by atoms with Gasteiger partial charge in [0.15, 0.2) is 0 Å². The van der Waals surface area contributed by atoms with Gasteiger partial charge < -0.3 is 10.2 Å². The molecule has 2 aromatic rings. The summed E-state index contributed by atoms with van der Waals surface area (Å²) >= 11 is 1.48. The van der Waals surface area contributed by atoms with Crippen molar-refractivity contribution in [2.24, 2.45) is 0 Å². The number of nitrogens with one attached hydrogen (secondary N) is 1. The molecule has 4 nitrogen and oxygen atoms in total. The van der Waals surface area contributed by atoms with Gasteiger partial charge in [0.2, 0.25) is 11.8 Å². The lowest BCUT2D eigenvalue weighted by Gasteiger charge is -2.17. The SMILES string of the molecule is CC(=O)Nc1ccc(SCC(=O)N(C)c2ccccc2)cc1. The Bertz CT molecular complexity index is 641. The first-order chi connectivity index (χ1) is 10.6. The van der Waals surface area contributed by atoms with Gasteiger partial charge in [-0.05, 0) is 36.4 Å². The summed E-state index contributed by atoms with van der Waals surface area (Å²) in [6, 6.07) is 17.0. The van der Waals surface area contributed by atoms with Crippen LogP contribution in [0.3, 0.4) is 0 Å². The van der Waals surface area contributed by atoms with E-state index in [1.54, 1.807) is 11.9 Å². The Morgan fingerprint density at radius 1 is 1.05 bits per heavy atom.